The molecule has 0 saturated heterocycles. The Balaban J connectivity index is 1.53. The van der Waals surface area contributed by atoms with Crippen molar-refractivity contribution in [1.29, 1.82) is 0 Å². The molecule has 0 aliphatic heterocycles. The van der Waals surface area contributed by atoms with Gasteiger partial charge in [-0.05, 0) is 79.2 Å². The largest absolute Gasteiger partial charge is 0.494 e. The average molecular weight is 381 g/mol. The van der Waals surface area contributed by atoms with Gasteiger partial charge in [0.2, 0.25) is 0 Å². The zero-order valence-electron chi connectivity index (χ0n) is 17.1. The van der Waals surface area contributed by atoms with Crippen molar-refractivity contribution >= 4 is 0 Å². The van der Waals surface area contributed by atoms with E-state index in [9.17, 15) is 4.39 Å². The lowest BCUT2D eigenvalue weighted by Crippen LogP contribution is -2.12. The summed E-state index contributed by atoms with van der Waals surface area (Å²) in [6.07, 6.45) is 11.7. The lowest BCUT2D eigenvalue weighted by molar-refractivity contribution is 0.306. The molecule has 3 rings (SSSR count). The molecule has 0 aromatic heterocycles. The van der Waals surface area contributed by atoms with E-state index in [0.717, 1.165) is 25.2 Å². The van der Waals surface area contributed by atoms with Gasteiger partial charge >= 0.3 is 0 Å². The molecule has 1 fully saturated rings. The topological polar surface area (TPSA) is 9.23 Å². The maximum Gasteiger partial charge on any atom is 0.119 e. The van der Waals surface area contributed by atoms with Crippen LogP contribution in [0.2, 0.25) is 0 Å². The Kier molecular flexibility index (Phi) is 8.14. The van der Waals surface area contributed by atoms with Gasteiger partial charge in [-0.25, -0.2) is 4.39 Å². The van der Waals surface area contributed by atoms with Crippen LogP contribution in [0.4, 0.5) is 4.39 Å². The number of unbranched alkanes of at least 4 members (excludes halogenated alkanes) is 2. The second kappa shape index (κ2) is 11.0. The van der Waals surface area contributed by atoms with E-state index in [1.165, 1.54) is 55.2 Å². The van der Waals surface area contributed by atoms with E-state index in [-0.39, 0.29) is 0 Å². The molecule has 1 saturated carbocycles. The van der Waals surface area contributed by atoms with Gasteiger partial charge in [0.1, 0.15) is 5.75 Å². The van der Waals surface area contributed by atoms with Gasteiger partial charge in [-0.15, -0.1) is 0 Å². The van der Waals surface area contributed by atoms with Crippen molar-refractivity contribution in [2.45, 2.75) is 64.2 Å². The predicted molar refractivity (Wildman–Crippen MR) is 116 cm³/mol. The van der Waals surface area contributed by atoms with Crippen molar-refractivity contribution in [2.75, 3.05) is 6.61 Å². The van der Waals surface area contributed by atoms with Crippen molar-refractivity contribution in [2.24, 2.45) is 5.92 Å². The molecule has 0 N–H and O–H groups in total. The molecule has 28 heavy (non-hydrogen) atoms. The Morgan fingerprint density at radius 2 is 1.54 bits per heavy atom. The molecule has 0 unspecified atom stereocenters. The van der Waals surface area contributed by atoms with Crippen LogP contribution < -0.4 is 4.74 Å². The standard InChI is InChI=1S/C26H33FO/c1-2-3-4-20-28-26-17-15-25(16-18-26)24-13-11-23(12-14-24)22-9-7-21(8-10-22)6-5-19-27/h5,11-19,21-22H,2-4,6-10,20H2,1H3/b19-5+. The monoisotopic (exact) mass is 380 g/mol. The van der Waals surface area contributed by atoms with Crippen molar-refractivity contribution in [3.63, 3.8) is 0 Å². The molecule has 0 spiro atoms. The maximum atomic E-state index is 12.2. The van der Waals surface area contributed by atoms with Crippen molar-refractivity contribution in [3.8, 4) is 16.9 Å². The molecule has 1 aliphatic rings. The smallest absolute Gasteiger partial charge is 0.119 e. The molecular weight excluding hydrogens is 347 g/mol. The number of hydrogen-bond donors (Lipinski definition) is 0. The van der Waals surface area contributed by atoms with Gasteiger partial charge in [-0.3, -0.25) is 0 Å². The van der Waals surface area contributed by atoms with Gasteiger partial charge in [-0.1, -0.05) is 62.2 Å². The second-order valence-corrected chi connectivity index (χ2v) is 8.02. The van der Waals surface area contributed by atoms with E-state index in [0.29, 0.717) is 18.2 Å². The third kappa shape index (κ3) is 5.95. The zero-order chi connectivity index (χ0) is 19.6. The normalized spacial score (nSPS) is 19.8. The molecule has 1 nitrogen and oxygen atoms in total. The third-order valence-corrected chi connectivity index (χ3v) is 5.99. The average Bonchev–Trinajstić information content (AvgIpc) is 2.76. The minimum Gasteiger partial charge on any atom is -0.494 e. The summed E-state index contributed by atoms with van der Waals surface area (Å²) in [4.78, 5) is 0. The Morgan fingerprint density at radius 1 is 0.893 bits per heavy atom. The Hall–Kier alpha value is -2.09. The number of halogens is 1. The molecule has 2 aromatic rings. The highest BCUT2D eigenvalue weighted by Gasteiger charge is 2.21. The molecular formula is C26H33FO. The van der Waals surface area contributed by atoms with Crippen LogP contribution in [0.15, 0.2) is 60.9 Å². The van der Waals surface area contributed by atoms with E-state index in [2.05, 4.69) is 55.5 Å². The van der Waals surface area contributed by atoms with Crippen LogP contribution in [0.5, 0.6) is 5.75 Å². The lowest BCUT2D eigenvalue weighted by Gasteiger charge is -2.28. The minimum atomic E-state index is 0.651. The van der Waals surface area contributed by atoms with E-state index >= 15 is 0 Å². The van der Waals surface area contributed by atoms with E-state index < -0.39 is 0 Å². The summed E-state index contributed by atoms with van der Waals surface area (Å²) in [5.41, 5.74) is 3.93. The fourth-order valence-electron chi connectivity index (χ4n) is 4.21. The SMILES string of the molecule is CCCCCOc1ccc(-c2ccc(C3CCC(C/C=C/F)CC3)cc2)cc1. The maximum absolute atomic E-state index is 12.2. The first kappa shape index (κ1) is 20.6. The van der Waals surface area contributed by atoms with Crippen LogP contribution in [0.25, 0.3) is 11.1 Å². The van der Waals surface area contributed by atoms with E-state index in [1.807, 2.05) is 0 Å². The summed E-state index contributed by atoms with van der Waals surface area (Å²) in [6.45, 7) is 3.01. The number of allylic oxidation sites excluding steroid dienone is 1. The number of rotatable bonds is 9. The van der Waals surface area contributed by atoms with Crippen LogP contribution in [-0.2, 0) is 0 Å². The molecule has 150 valence electrons. The van der Waals surface area contributed by atoms with Gasteiger partial charge in [0.15, 0.2) is 0 Å². The van der Waals surface area contributed by atoms with Crippen molar-refractivity contribution in [1.82, 2.24) is 0 Å². The third-order valence-electron chi connectivity index (χ3n) is 5.99. The molecule has 1 aliphatic carbocycles. The summed E-state index contributed by atoms with van der Waals surface area (Å²) in [5.74, 6) is 2.26. The van der Waals surface area contributed by atoms with Gasteiger partial charge in [0.25, 0.3) is 0 Å². The molecule has 2 aromatic carbocycles. The Morgan fingerprint density at radius 3 is 2.14 bits per heavy atom. The first-order valence-corrected chi connectivity index (χ1v) is 10.9. The minimum absolute atomic E-state index is 0.651. The number of benzene rings is 2. The van der Waals surface area contributed by atoms with Gasteiger partial charge in [0.05, 0.1) is 12.9 Å². The summed E-state index contributed by atoms with van der Waals surface area (Å²) >= 11 is 0. The summed E-state index contributed by atoms with van der Waals surface area (Å²) < 4.78 is 18.0. The number of hydrogen-bond acceptors (Lipinski definition) is 1. The van der Waals surface area contributed by atoms with Crippen molar-refractivity contribution < 1.29 is 9.13 Å². The molecule has 0 atom stereocenters. The van der Waals surface area contributed by atoms with Crippen LogP contribution >= 0.6 is 0 Å². The van der Waals surface area contributed by atoms with Crippen LogP contribution in [0.3, 0.4) is 0 Å². The summed E-state index contributed by atoms with van der Waals surface area (Å²) in [6, 6.07) is 17.5. The molecule has 0 heterocycles. The Labute approximate surface area is 169 Å². The number of ether oxygens (including phenoxy) is 1. The first-order valence-electron chi connectivity index (χ1n) is 10.9. The molecule has 0 bridgehead atoms. The van der Waals surface area contributed by atoms with Crippen molar-refractivity contribution in [3.05, 3.63) is 66.5 Å². The fourth-order valence-corrected chi connectivity index (χ4v) is 4.21. The van der Waals surface area contributed by atoms with Crippen LogP contribution in [0, 0.1) is 5.92 Å². The van der Waals surface area contributed by atoms with Gasteiger partial charge in [-0.2, -0.15) is 0 Å². The summed E-state index contributed by atoms with van der Waals surface area (Å²) in [5, 5.41) is 0. The lowest BCUT2D eigenvalue weighted by atomic mass is 9.77. The highest BCUT2D eigenvalue weighted by atomic mass is 19.1. The van der Waals surface area contributed by atoms with Crippen LogP contribution in [-0.4, -0.2) is 6.61 Å². The van der Waals surface area contributed by atoms with E-state index in [1.54, 1.807) is 6.08 Å². The molecule has 0 amide bonds. The van der Waals surface area contributed by atoms with Gasteiger partial charge < -0.3 is 4.74 Å². The highest BCUT2D eigenvalue weighted by molar-refractivity contribution is 5.64. The highest BCUT2D eigenvalue weighted by Crippen LogP contribution is 2.37. The molecule has 0 radical (unpaired) electrons. The Bertz CT molecular complexity index is 709. The van der Waals surface area contributed by atoms with Crippen LogP contribution in [0.1, 0.15) is 69.8 Å². The second-order valence-electron chi connectivity index (χ2n) is 8.02. The quantitative estimate of drug-likeness (QED) is 0.400. The fraction of sp³-hybridized carbons (Fsp3) is 0.462. The zero-order valence-corrected chi connectivity index (χ0v) is 17.1. The van der Waals surface area contributed by atoms with Gasteiger partial charge in [0, 0.05) is 0 Å². The first-order chi connectivity index (χ1) is 13.8. The summed E-state index contributed by atoms with van der Waals surface area (Å²) in [7, 11) is 0. The molecule has 2 heteroatoms. The predicted octanol–water partition coefficient (Wildman–Crippen LogP) is 8.07. The van der Waals surface area contributed by atoms with E-state index in [4.69, 9.17) is 4.74 Å².